The smallest absolute Gasteiger partial charge is 0.286 e. The van der Waals surface area contributed by atoms with E-state index >= 15 is 0 Å². The minimum Gasteiger partial charge on any atom is -0.493 e. The lowest BCUT2D eigenvalue weighted by atomic mass is 9.95. The van der Waals surface area contributed by atoms with Crippen molar-refractivity contribution in [2.24, 2.45) is 5.92 Å². The van der Waals surface area contributed by atoms with Gasteiger partial charge in [-0.3, -0.25) is 19.7 Å². The Labute approximate surface area is 204 Å². The molecule has 1 aliphatic heterocycles. The quantitative estimate of drug-likeness (QED) is 0.369. The lowest BCUT2D eigenvalue weighted by molar-refractivity contribution is -0.385. The Morgan fingerprint density at radius 2 is 2.03 bits per heavy atom. The van der Waals surface area contributed by atoms with Gasteiger partial charge in [-0.1, -0.05) is 6.07 Å². The third-order valence-corrected chi connectivity index (χ3v) is 6.27. The molecule has 35 heavy (non-hydrogen) atoms. The van der Waals surface area contributed by atoms with Gasteiger partial charge in [-0.05, 0) is 25.0 Å². The number of nitro groups is 1. The number of likely N-dealkylation sites (tertiary alicyclic amines) is 1. The molecule has 0 atom stereocenters. The van der Waals surface area contributed by atoms with Gasteiger partial charge in [0.2, 0.25) is 5.91 Å². The summed E-state index contributed by atoms with van der Waals surface area (Å²) in [6.45, 7) is 0.694. The molecule has 1 aromatic carbocycles. The first-order chi connectivity index (χ1) is 17.0. The number of rotatable bonds is 8. The monoisotopic (exact) mass is 497 g/mol. The van der Waals surface area contributed by atoms with Crippen molar-refractivity contribution in [3.63, 3.8) is 0 Å². The lowest BCUT2D eigenvalue weighted by Gasteiger charge is -2.31. The zero-order valence-electron chi connectivity index (χ0n) is 18.9. The number of carbonyl (C=O) groups is 2. The SMILES string of the molecule is COc1cc(C(=O)N2CCC(C(=O)Nc3ccccn3)CC2)c([N+](=O)[O-])cc1OCc1cscn1. The van der Waals surface area contributed by atoms with E-state index in [-0.39, 0.29) is 41.2 Å². The molecule has 1 N–H and O–H groups in total. The van der Waals surface area contributed by atoms with Gasteiger partial charge in [-0.2, -0.15) is 0 Å². The van der Waals surface area contributed by atoms with Crippen molar-refractivity contribution in [2.75, 3.05) is 25.5 Å². The number of nitrogens with zero attached hydrogens (tertiary/aromatic N) is 4. The predicted molar refractivity (Wildman–Crippen MR) is 128 cm³/mol. The van der Waals surface area contributed by atoms with Crippen LogP contribution >= 0.6 is 11.3 Å². The van der Waals surface area contributed by atoms with Crippen LogP contribution in [0.4, 0.5) is 11.5 Å². The van der Waals surface area contributed by atoms with Crippen molar-refractivity contribution in [1.29, 1.82) is 0 Å². The van der Waals surface area contributed by atoms with Crippen LogP contribution in [0.5, 0.6) is 11.5 Å². The number of anilines is 1. The molecule has 0 saturated carbocycles. The number of carbonyl (C=O) groups excluding carboxylic acids is 2. The van der Waals surface area contributed by atoms with Gasteiger partial charge < -0.3 is 19.7 Å². The minimum atomic E-state index is -0.616. The van der Waals surface area contributed by atoms with E-state index < -0.39 is 10.8 Å². The fourth-order valence-corrected chi connectivity index (χ4v) is 4.33. The number of amides is 2. The molecule has 0 unspecified atom stereocenters. The van der Waals surface area contributed by atoms with Crippen molar-refractivity contribution in [3.8, 4) is 11.5 Å². The van der Waals surface area contributed by atoms with Gasteiger partial charge in [0.05, 0.1) is 29.3 Å². The number of piperidine rings is 1. The molecule has 11 nitrogen and oxygen atoms in total. The van der Waals surface area contributed by atoms with E-state index in [0.717, 1.165) is 0 Å². The van der Waals surface area contributed by atoms with Crippen LogP contribution in [-0.2, 0) is 11.4 Å². The molecule has 0 bridgehead atoms. The molecule has 12 heteroatoms. The molecule has 1 fully saturated rings. The lowest BCUT2D eigenvalue weighted by Crippen LogP contribution is -2.41. The molecular formula is C23H23N5O6S. The third-order valence-electron chi connectivity index (χ3n) is 5.64. The average molecular weight is 498 g/mol. The number of methoxy groups -OCH3 is 1. The zero-order valence-corrected chi connectivity index (χ0v) is 19.7. The van der Waals surface area contributed by atoms with Crippen molar-refractivity contribution < 1.29 is 24.0 Å². The normalized spacial score (nSPS) is 13.8. The number of nitrogens with one attached hydrogen (secondary N) is 1. The summed E-state index contributed by atoms with van der Waals surface area (Å²) < 4.78 is 11.0. The molecule has 2 amide bonds. The van der Waals surface area contributed by atoms with Gasteiger partial charge in [0.1, 0.15) is 18.0 Å². The molecule has 0 aliphatic carbocycles. The summed E-state index contributed by atoms with van der Waals surface area (Å²) in [6.07, 6.45) is 2.46. The van der Waals surface area contributed by atoms with Gasteiger partial charge in [0, 0.05) is 36.7 Å². The Morgan fingerprint density at radius 1 is 1.23 bits per heavy atom. The fourth-order valence-electron chi connectivity index (χ4n) is 3.78. The Hall–Kier alpha value is -4.06. The first-order valence-electron chi connectivity index (χ1n) is 10.8. The topological polar surface area (TPSA) is 137 Å². The Morgan fingerprint density at radius 3 is 2.66 bits per heavy atom. The molecule has 0 spiro atoms. The highest BCUT2D eigenvalue weighted by atomic mass is 32.1. The van der Waals surface area contributed by atoms with E-state index in [9.17, 15) is 19.7 Å². The Kier molecular flexibility index (Phi) is 7.51. The van der Waals surface area contributed by atoms with Gasteiger partial charge >= 0.3 is 0 Å². The van der Waals surface area contributed by atoms with E-state index in [0.29, 0.717) is 37.4 Å². The fraction of sp³-hybridized carbons (Fsp3) is 0.304. The van der Waals surface area contributed by atoms with E-state index in [1.54, 1.807) is 35.3 Å². The molecule has 4 rings (SSSR count). The van der Waals surface area contributed by atoms with Crippen LogP contribution in [0.3, 0.4) is 0 Å². The van der Waals surface area contributed by atoms with Crippen molar-refractivity contribution >= 4 is 34.7 Å². The first-order valence-corrected chi connectivity index (χ1v) is 11.8. The highest BCUT2D eigenvalue weighted by Gasteiger charge is 2.32. The largest absolute Gasteiger partial charge is 0.493 e. The summed E-state index contributed by atoms with van der Waals surface area (Å²) >= 11 is 1.41. The van der Waals surface area contributed by atoms with Crippen LogP contribution in [0, 0.1) is 16.0 Å². The highest BCUT2D eigenvalue weighted by molar-refractivity contribution is 7.07. The van der Waals surface area contributed by atoms with Crippen LogP contribution in [0.15, 0.2) is 47.4 Å². The van der Waals surface area contributed by atoms with Gasteiger partial charge in [0.25, 0.3) is 11.6 Å². The standard InChI is InChI=1S/C23H23N5O6S/c1-33-19-10-17(18(28(31)32)11-20(19)34-12-16-13-35-14-25-16)23(30)27-8-5-15(6-9-27)22(29)26-21-4-2-3-7-24-21/h2-4,7,10-11,13-15H,5-6,8-9,12H2,1H3,(H,24,26,29). The predicted octanol–water partition coefficient (Wildman–Crippen LogP) is 3.52. The number of ether oxygens (including phenoxy) is 2. The second-order valence-corrected chi connectivity index (χ2v) is 8.54. The highest BCUT2D eigenvalue weighted by Crippen LogP contribution is 2.36. The summed E-state index contributed by atoms with van der Waals surface area (Å²) in [6, 6.07) is 7.77. The van der Waals surface area contributed by atoms with Crippen LogP contribution in [0.2, 0.25) is 0 Å². The van der Waals surface area contributed by atoms with Gasteiger partial charge in [-0.15, -0.1) is 11.3 Å². The number of hydrogen-bond acceptors (Lipinski definition) is 9. The maximum absolute atomic E-state index is 13.2. The van der Waals surface area contributed by atoms with E-state index in [1.165, 1.54) is 35.5 Å². The Bertz CT molecular complexity index is 1200. The minimum absolute atomic E-state index is 0.0933. The maximum atomic E-state index is 13.2. The number of nitro benzene ring substituents is 1. The summed E-state index contributed by atoms with van der Waals surface area (Å²) in [5.74, 6) is -0.120. The second kappa shape index (κ2) is 10.9. The number of aromatic nitrogens is 2. The summed E-state index contributed by atoms with van der Waals surface area (Å²) in [7, 11) is 1.40. The average Bonchev–Trinajstić information content (AvgIpc) is 3.41. The van der Waals surface area contributed by atoms with Gasteiger partial charge in [-0.25, -0.2) is 9.97 Å². The number of thiazole rings is 1. The molecule has 1 saturated heterocycles. The molecule has 3 aromatic rings. The molecule has 0 radical (unpaired) electrons. The van der Waals surface area contributed by atoms with E-state index in [4.69, 9.17) is 9.47 Å². The summed E-state index contributed by atoms with van der Waals surface area (Å²) in [5.41, 5.74) is 1.86. The molecule has 182 valence electrons. The number of pyridine rings is 1. The first kappa shape index (κ1) is 24.1. The van der Waals surface area contributed by atoms with Crippen molar-refractivity contribution in [2.45, 2.75) is 19.4 Å². The Balaban J connectivity index is 1.45. The van der Waals surface area contributed by atoms with Crippen LogP contribution in [-0.4, -0.2) is 51.8 Å². The van der Waals surface area contributed by atoms with E-state index in [2.05, 4.69) is 15.3 Å². The summed E-state index contributed by atoms with van der Waals surface area (Å²) in [5, 5.41) is 16.4. The van der Waals surface area contributed by atoms with E-state index in [1.807, 2.05) is 0 Å². The molecule has 2 aromatic heterocycles. The van der Waals surface area contributed by atoms with Crippen LogP contribution < -0.4 is 14.8 Å². The van der Waals surface area contributed by atoms with Gasteiger partial charge in [0.15, 0.2) is 11.5 Å². The van der Waals surface area contributed by atoms with Crippen molar-refractivity contribution in [3.05, 3.63) is 68.8 Å². The molecule has 1 aliphatic rings. The van der Waals surface area contributed by atoms with Crippen molar-refractivity contribution in [1.82, 2.24) is 14.9 Å². The molecular weight excluding hydrogens is 474 g/mol. The van der Waals surface area contributed by atoms with Crippen LogP contribution in [0.25, 0.3) is 0 Å². The number of benzene rings is 1. The maximum Gasteiger partial charge on any atom is 0.286 e. The zero-order chi connectivity index (χ0) is 24.8. The summed E-state index contributed by atoms with van der Waals surface area (Å²) in [4.78, 5) is 46.7. The molecule has 3 heterocycles. The second-order valence-electron chi connectivity index (χ2n) is 7.82. The third kappa shape index (κ3) is 5.72. The van der Waals surface area contributed by atoms with Crippen LogP contribution in [0.1, 0.15) is 28.9 Å². The number of hydrogen-bond donors (Lipinski definition) is 1.